The van der Waals surface area contributed by atoms with Crippen molar-refractivity contribution in [3.8, 4) is 0 Å². The molecule has 2 rings (SSSR count). The number of carbonyl (C=O) groups excluding carboxylic acids is 1. The van der Waals surface area contributed by atoms with Gasteiger partial charge in [0.2, 0.25) is 0 Å². The number of aliphatic carboxylic acids is 1. The molecule has 4 N–H and O–H groups in total. The van der Waals surface area contributed by atoms with Crippen molar-refractivity contribution in [2.75, 3.05) is 5.94 Å². The predicted octanol–water partition coefficient (Wildman–Crippen LogP) is -0.252. The number of nitrogens with zero attached hydrogens (tertiary/aromatic N) is 3. The molecule has 1 unspecified atom stereocenters. The van der Waals surface area contributed by atoms with Gasteiger partial charge in [-0.05, 0) is 0 Å². The normalized spacial score (nSPS) is 12.2. The molecule has 0 spiro atoms. The molecule has 0 aliphatic rings. The van der Waals surface area contributed by atoms with Crippen LogP contribution in [0.2, 0.25) is 0 Å². The van der Waals surface area contributed by atoms with Gasteiger partial charge in [-0.25, -0.2) is 15.0 Å². The molecule has 0 aliphatic carbocycles. The number of rotatable bonds is 6. The predicted molar refractivity (Wildman–Crippen MR) is 68.7 cm³/mol. The zero-order chi connectivity index (χ0) is 14.5. The number of aromatic nitrogens is 4. The van der Waals surface area contributed by atoms with Gasteiger partial charge in [-0.2, -0.15) is 0 Å². The van der Waals surface area contributed by atoms with Gasteiger partial charge in [-0.1, -0.05) is 11.8 Å². The molecule has 1 atom stereocenters. The highest BCUT2D eigenvalue weighted by Gasteiger charge is 2.17. The van der Waals surface area contributed by atoms with Gasteiger partial charge in [0.05, 0.1) is 12.7 Å². The van der Waals surface area contributed by atoms with Crippen molar-refractivity contribution in [1.29, 1.82) is 0 Å². The second kappa shape index (κ2) is 6.30. The highest BCUT2D eigenvalue weighted by Crippen LogP contribution is 2.21. The van der Waals surface area contributed by atoms with Crippen molar-refractivity contribution < 1.29 is 19.4 Å². The van der Waals surface area contributed by atoms with E-state index in [-0.39, 0.29) is 12.4 Å². The number of hydrogen-bond acceptors (Lipinski definition) is 8. The lowest BCUT2D eigenvalue weighted by Gasteiger charge is -2.06. The van der Waals surface area contributed by atoms with Crippen LogP contribution in [0.25, 0.3) is 11.2 Å². The third kappa shape index (κ3) is 3.42. The Balaban J connectivity index is 1.85. The van der Waals surface area contributed by atoms with Crippen molar-refractivity contribution in [3.63, 3.8) is 0 Å². The Bertz CT molecular complexity index is 631. The number of H-pyrrole nitrogens is 1. The fourth-order valence-corrected chi connectivity index (χ4v) is 2.05. The molecule has 9 nitrogen and oxygen atoms in total. The van der Waals surface area contributed by atoms with Crippen LogP contribution in [0.4, 0.5) is 0 Å². The minimum Gasteiger partial charge on any atom is -0.480 e. The Morgan fingerprint density at radius 3 is 3.00 bits per heavy atom. The second-order valence-electron chi connectivity index (χ2n) is 3.71. The summed E-state index contributed by atoms with van der Waals surface area (Å²) >= 11 is 1.16. The first-order chi connectivity index (χ1) is 9.58. The molecular formula is C10H11N5O4S. The maximum absolute atomic E-state index is 11.3. The van der Waals surface area contributed by atoms with E-state index in [1.807, 2.05) is 0 Å². The van der Waals surface area contributed by atoms with E-state index in [4.69, 9.17) is 15.6 Å². The Hall–Kier alpha value is -2.20. The number of carboxylic acid groups (broad SMARTS) is 1. The molecule has 0 radical (unpaired) electrons. The summed E-state index contributed by atoms with van der Waals surface area (Å²) in [6.45, 7) is 0. The summed E-state index contributed by atoms with van der Waals surface area (Å²) < 4.78 is 4.88. The van der Waals surface area contributed by atoms with Crippen LogP contribution < -0.4 is 5.73 Å². The smallest absolute Gasteiger partial charge is 0.321 e. The Kier molecular flexibility index (Phi) is 4.48. The lowest BCUT2D eigenvalue weighted by molar-refractivity contribution is -0.147. The van der Waals surface area contributed by atoms with Crippen molar-refractivity contribution in [1.82, 2.24) is 19.9 Å². The first-order valence-electron chi connectivity index (χ1n) is 5.49. The minimum atomic E-state index is -1.26. The van der Waals surface area contributed by atoms with Gasteiger partial charge in [0.25, 0.3) is 0 Å². The van der Waals surface area contributed by atoms with Crippen molar-refractivity contribution >= 4 is 34.9 Å². The van der Waals surface area contributed by atoms with Crippen molar-refractivity contribution in [2.45, 2.75) is 17.5 Å². The van der Waals surface area contributed by atoms with Gasteiger partial charge in [0.15, 0.2) is 5.65 Å². The fourth-order valence-electron chi connectivity index (χ4n) is 1.33. The van der Waals surface area contributed by atoms with Crippen molar-refractivity contribution in [3.05, 3.63) is 12.7 Å². The van der Waals surface area contributed by atoms with E-state index in [2.05, 4.69) is 19.9 Å². The molecule has 0 saturated heterocycles. The topological polar surface area (TPSA) is 144 Å². The van der Waals surface area contributed by atoms with Gasteiger partial charge < -0.3 is 20.6 Å². The molecule has 0 aliphatic heterocycles. The molecule has 0 bridgehead atoms. The molecule has 0 fully saturated rings. The van der Waals surface area contributed by atoms with E-state index in [1.54, 1.807) is 0 Å². The lowest BCUT2D eigenvalue weighted by Crippen LogP contribution is -2.33. The number of esters is 1. The maximum atomic E-state index is 11.3. The third-order valence-corrected chi connectivity index (χ3v) is 3.13. The van der Waals surface area contributed by atoms with Gasteiger partial charge in [0, 0.05) is 0 Å². The van der Waals surface area contributed by atoms with E-state index < -0.39 is 18.0 Å². The Morgan fingerprint density at radius 1 is 1.45 bits per heavy atom. The number of nitrogens with two attached hydrogens (primary N) is 1. The molecule has 0 aromatic carbocycles. The van der Waals surface area contributed by atoms with Gasteiger partial charge >= 0.3 is 11.9 Å². The first kappa shape index (κ1) is 14.2. The van der Waals surface area contributed by atoms with Gasteiger partial charge in [-0.3, -0.25) is 9.59 Å². The average Bonchev–Trinajstić information content (AvgIpc) is 2.87. The van der Waals surface area contributed by atoms with Crippen LogP contribution in [0.15, 0.2) is 17.7 Å². The highest BCUT2D eigenvalue weighted by molar-refractivity contribution is 7.99. The van der Waals surface area contributed by atoms with Crippen LogP contribution in [0, 0.1) is 0 Å². The van der Waals surface area contributed by atoms with E-state index in [9.17, 15) is 9.59 Å². The van der Waals surface area contributed by atoms with Crippen LogP contribution >= 0.6 is 11.8 Å². The summed E-state index contributed by atoms with van der Waals surface area (Å²) in [6, 6.07) is -1.26. The largest absolute Gasteiger partial charge is 0.480 e. The molecular weight excluding hydrogens is 286 g/mol. The summed E-state index contributed by atoms with van der Waals surface area (Å²) in [7, 11) is 0. The molecule has 10 heteroatoms. The van der Waals surface area contributed by atoms with E-state index in [0.717, 1.165) is 11.8 Å². The second-order valence-corrected chi connectivity index (χ2v) is 4.62. The SMILES string of the molecule is NC(CC(=O)OCSc1ncnc2nc[nH]c12)C(=O)O. The van der Waals surface area contributed by atoms with Crippen LogP contribution in [-0.2, 0) is 14.3 Å². The number of nitrogens with one attached hydrogen (secondary N) is 1. The number of hydrogen-bond donors (Lipinski definition) is 3. The van der Waals surface area contributed by atoms with Crippen LogP contribution in [0.5, 0.6) is 0 Å². The number of fused-ring (bicyclic) bond motifs is 1. The summed E-state index contributed by atoms with van der Waals surface area (Å²) in [5.74, 6) is -1.93. The van der Waals surface area contributed by atoms with Crippen LogP contribution in [-0.4, -0.2) is 49.0 Å². The first-order valence-corrected chi connectivity index (χ1v) is 6.47. The molecule has 2 aromatic heterocycles. The number of aromatic amines is 1. The van der Waals surface area contributed by atoms with Gasteiger partial charge in [-0.15, -0.1) is 0 Å². The average molecular weight is 297 g/mol. The zero-order valence-corrected chi connectivity index (χ0v) is 11.0. The van der Waals surface area contributed by atoms with E-state index in [0.29, 0.717) is 16.2 Å². The van der Waals surface area contributed by atoms with E-state index >= 15 is 0 Å². The molecule has 2 heterocycles. The molecule has 0 saturated carbocycles. The van der Waals surface area contributed by atoms with Gasteiger partial charge in [0.1, 0.15) is 28.9 Å². The number of imidazole rings is 1. The number of thioether (sulfide) groups is 1. The minimum absolute atomic E-state index is 0.00366. The maximum Gasteiger partial charge on any atom is 0.321 e. The number of carbonyl (C=O) groups is 2. The lowest BCUT2D eigenvalue weighted by atomic mass is 10.2. The summed E-state index contributed by atoms with van der Waals surface area (Å²) in [4.78, 5) is 36.6. The quantitative estimate of drug-likeness (QED) is 0.284. The number of ether oxygens (including phenoxy) is 1. The van der Waals surface area contributed by atoms with Crippen LogP contribution in [0.3, 0.4) is 0 Å². The Morgan fingerprint density at radius 2 is 2.25 bits per heavy atom. The van der Waals surface area contributed by atoms with E-state index in [1.165, 1.54) is 12.7 Å². The standard InChI is InChI=1S/C10H11N5O4S/c11-5(10(17)18)1-6(16)19-4-20-9-7-8(13-2-12-7)14-3-15-9/h2-3,5H,1,4,11H2,(H,17,18)(H,12,13,14,15). The number of carboxylic acids is 1. The zero-order valence-electron chi connectivity index (χ0n) is 10.1. The molecule has 20 heavy (non-hydrogen) atoms. The monoisotopic (exact) mass is 297 g/mol. The fraction of sp³-hybridized carbons (Fsp3) is 0.300. The summed E-state index contributed by atoms with van der Waals surface area (Å²) in [5, 5.41) is 9.15. The van der Waals surface area contributed by atoms with Crippen molar-refractivity contribution in [2.24, 2.45) is 5.73 Å². The molecule has 2 aromatic rings. The van der Waals surface area contributed by atoms with Crippen LogP contribution in [0.1, 0.15) is 6.42 Å². The molecule has 106 valence electrons. The third-order valence-electron chi connectivity index (χ3n) is 2.31. The Labute approximate surface area is 116 Å². The highest BCUT2D eigenvalue weighted by atomic mass is 32.2. The molecule has 0 amide bonds. The summed E-state index contributed by atoms with van der Waals surface area (Å²) in [5.41, 5.74) is 6.38. The summed E-state index contributed by atoms with van der Waals surface area (Å²) in [6.07, 6.45) is 2.47.